The van der Waals surface area contributed by atoms with E-state index in [0.717, 1.165) is 11.5 Å². The van der Waals surface area contributed by atoms with Crippen LogP contribution in [-0.4, -0.2) is 11.5 Å². The first-order valence-electron chi connectivity index (χ1n) is 2.57. The van der Waals surface area contributed by atoms with Crippen LogP contribution in [0.3, 0.4) is 0 Å². The van der Waals surface area contributed by atoms with E-state index in [2.05, 4.69) is 18.7 Å². The third kappa shape index (κ3) is 0.900. The maximum Gasteiger partial charge on any atom is 0.0125 e. The zero-order chi connectivity index (χ0) is 5.33. The maximum absolute atomic E-state index is 5.03. The van der Waals surface area contributed by atoms with Gasteiger partial charge in [0, 0.05) is 11.5 Å². The van der Waals surface area contributed by atoms with Gasteiger partial charge in [0.1, 0.15) is 0 Å². The molecule has 0 spiro atoms. The minimum atomic E-state index is -0.657. The van der Waals surface area contributed by atoms with Crippen LogP contribution in [0, 0.1) is 0 Å². The van der Waals surface area contributed by atoms with Crippen LogP contribution in [-0.2, 0) is 4.28 Å². The van der Waals surface area contributed by atoms with Crippen molar-refractivity contribution in [3.8, 4) is 0 Å². The highest BCUT2D eigenvalue weighted by molar-refractivity contribution is 8.32. The molecule has 2 nitrogen and oxygen atoms in total. The van der Waals surface area contributed by atoms with Gasteiger partial charge < -0.3 is 0 Å². The fourth-order valence-corrected chi connectivity index (χ4v) is 1.75. The Morgan fingerprint density at radius 2 is 1.86 bits per heavy atom. The highest BCUT2D eigenvalue weighted by Gasteiger charge is 2.34. The zero-order valence-electron chi connectivity index (χ0n) is 4.73. The fourth-order valence-electron chi connectivity index (χ4n) is 0.488. The fraction of sp³-hybridized carbons (Fsp3) is 1.00. The van der Waals surface area contributed by atoms with Crippen molar-refractivity contribution in [3.63, 3.8) is 0 Å². The van der Waals surface area contributed by atoms with Crippen molar-refractivity contribution < 1.29 is 4.28 Å². The van der Waals surface area contributed by atoms with Crippen molar-refractivity contribution in [2.45, 2.75) is 13.8 Å². The Bertz CT molecular complexity index is 66.1. The Morgan fingerprint density at radius 3 is 1.86 bits per heavy atom. The SMILES string of the molecule is CCS1(CC)NO1. The van der Waals surface area contributed by atoms with Gasteiger partial charge in [0.15, 0.2) is 0 Å². The quantitative estimate of drug-likeness (QED) is 0.557. The molecule has 0 aromatic rings. The minimum Gasteiger partial charge on any atom is -0.227 e. The topological polar surface area (TPSA) is 34.5 Å². The summed E-state index contributed by atoms with van der Waals surface area (Å²) in [4.78, 5) is 2.93. The summed E-state index contributed by atoms with van der Waals surface area (Å²) in [6, 6.07) is 0. The molecular weight excluding hydrogens is 110 g/mol. The predicted molar refractivity (Wildman–Crippen MR) is 32.9 cm³/mol. The molecule has 0 radical (unpaired) electrons. The lowest BCUT2D eigenvalue weighted by molar-refractivity contribution is 0.467. The second-order valence-electron chi connectivity index (χ2n) is 1.56. The van der Waals surface area contributed by atoms with E-state index in [4.69, 9.17) is 4.28 Å². The second-order valence-corrected chi connectivity index (χ2v) is 4.67. The lowest BCUT2D eigenvalue weighted by atomic mass is 11.0. The van der Waals surface area contributed by atoms with Crippen LogP contribution in [0.4, 0.5) is 0 Å². The van der Waals surface area contributed by atoms with Gasteiger partial charge in [0.25, 0.3) is 0 Å². The molecule has 0 aromatic carbocycles. The zero-order valence-corrected chi connectivity index (χ0v) is 5.55. The summed E-state index contributed by atoms with van der Waals surface area (Å²) in [6.07, 6.45) is 0. The molecule has 1 heterocycles. The van der Waals surface area contributed by atoms with Crippen LogP contribution >= 0.6 is 10.5 Å². The van der Waals surface area contributed by atoms with Gasteiger partial charge in [-0.3, -0.25) is 0 Å². The molecule has 0 aliphatic carbocycles. The summed E-state index contributed by atoms with van der Waals surface area (Å²) < 4.78 is 5.03. The van der Waals surface area contributed by atoms with Gasteiger partial charge >= 0.3 is 0 Å². The van der Waals surface area contributed by atoms with Crippen LogP contribution in [0.15, 0.2) is 0 Å². The smallest absolute Gasteiger partial charge is 0.0125 e. The average molecular weight is 121 g/mol. The van der Waals surface area contributed by atoms with Crippen LogP contribution < -0.4 is 4.89 Å². The summed E-state index contributed by atoms with van der Waals surface area (Å²) >= 11 is 0. The maximum atomic E-state index is 5.03. The van der Waals surface area contributed by atoms with E-state index in [1.165, 1.54) is 0 Å². The largest absolute Gasteiger partial charge is 0.227 e. The summed E-state index contributed by atoms with van der Waals surface area (Å²) in [7, 11) is -0.657. The third-order valence-electron chi connectivity index (χ3n) is 1.25. The Hall–Kier alpha value is 0.270. The van der Waals surface area contributed by atoms with E-state index in [1.54, 1.807) is 0 Å². The molecule has 3 heteroatoms. The molecule has 0 saturated carbocycles. The third-order valence-corrected chi connectivity index (χ3v) is 3.75. The molecule has 0 bridgehead atoms. The van der Waals surface area contributed by atoms with Crippen molar-refractivity contribution in [1.82, 2.24) is 4.89 Å². The van der Waals surface area contributed by atoms with Gasteiger partial charge in [0.2, 0.25) is 0 Å². The second kappa shape index (κ2) is 1.65. The normalized spacial score (nSPS) is 29.4. The number of hydrogen-bond acceptors (Lipinski definition) is 2. The molecule has 7 heavy (non-hydrogen) atoms. The van der Waals surface area contributed by atoms with Crippen molar-refractivity contribution >= 4 is 10.5 Å². The Morgan fingerprint density at radius 1 is 1.43 bits per heavy atom. The van der Waals surface area contributed by atoms with Crippen LogP contribution in [0.1, 0.15) is 13.8 Å². The summed E-state index contributed by atoms with van der Waals surface area (Å²) in [5.41, 5.74) is 0. The van der Waals surface area contributed by atoms with Crippen LogP contribution in [0.25, 0.3) is 0 Å². The molecule has 44 valence electrons. The lowest BCUT2D eigenvalue weighted by Gasteiger charge is -2.03. The van der Waals surface area contributed by atoms with Crippen LogP contribution in [0.5, 0.6) is 0 Å². The number of nitrogens with one attached hydrogen (secondary N) is 1. The van der Waals surface area contributed by atoms with E-state index in [1.807, 2.05) is 0 Å². The Labute approximate surface area is 45.8 Å². The highest BCUT2D eigenvalue weighted by atomic mass is 32.3. The van der Waals surface area contributed by atoms with Gasteiger partial charge in [0.05, 0.1) is 0 Å². The first-order chi connectivity index (χ1) is 3.33. The van der Waals surface area contributed by atoms with E-state index >= 15 is 0 Å². The summed E-state index contributed by atoms with van der Waals surface area (Å²) in [6.45, 7) is 4.30. The monoisotopic (exact) mass is 121 g/mol. The molecule has 0 atom stereocenters. The van der Waals surface area contributed by atoms with Crippen molar-refractivity contribution in [2.75, 3.05) is 11.5 Å². The van der Waals surface area contributed by atoms with Crippen LogP contribution in [0.2, 0.25) is 0 Å². The van der Waals surface area contributed by atoms with Gasteiger partial charge in [-0.05, 0) is 10.5 Å². The highest BCUT2D eigenvalue weighted by Crippen LogP contribution is 2.55. The van der Waals surface area contributed by atoms with E-state index in [0.29, 0.717) is 0 Å². The molecule has 1 fully saturated rings. The summed E-state index contributed by atoms with van der Waals surface area (Å²) in [5.74, 6) is 2.31. The standard InChI is InChI=1S/C4H11NOS/c1-3-7(4-2)5-6-7/h5H,3-4H2,1-2H3. The molecule has 0 unspecified atom stereocenters. The first kappa shape index (κ1) is 5.41. The van der Waals surface area contributed by atoms with Crippen molar-refractivity contribution in [3.05, 3.63) is 0 Å². The molecule has 1 saturated heterocycles. The number of rotatable bonds is 2. The summed E-state index contributed by atoms with van der Waals surface area (Å²) in [5, 5.41) is 0. The molecule has 0 amide bonds. The van der Waals surface area contributed by atoms with E-state index in [-0.39, 0.29) is 0 Å². The van der Waals surface area contributed by atoms with Crippen molar-refractivity contribution in [1.29, 1.82) is 0 Å². The minimum absolute atomic E-state index is 0.657. The Balaban J connectivity index is 2.28. The van der Waals surface area contributed by atoms with Gasteiger partial charge in [-0.2, -0.15) is 0 Å². The Kier molecular flexibility index (Phi) is 1.28. The average Bonchev–Trinajstić information content (AvgIpc) is 2.46. The van der Waals surface area contributed by atoms with Crippen molar-refractivity contribution in [2.24, 2.45) is 0 Å². The molecule has 1 aliphatic heterocycles. The predicted octanol–water partition coefficient (Wildman–Crippen LogP) is 1.20. The van der Waals surface area contributed by atoms with Gasteiger partial charge in [-0.1, -0.05) is 13.8 Å². The molecule has 1 rings (SSSR count). The van der Waals surface area contributed by atoms with E-state index in [9.17, 15) is 0 Å². The van der Waals surface area contributed by atoms with Gasteiger partial charge in [-0.15, -0.1) is 4.89 Å². The first-order valence-corrected chi connectivity index (χ1v) is 4.46. The molecule has 0 aromatic heterocycles. The molecule has 1 aliphatic rings. The lowest BCUT2D eigenvalue weighted by Crippen LogP contribution is -1.89. The van der Waals surface area contributed by atoms with Gasteiger partial charge in [-0.25, -0.2) is 4.28 Å². The number of hydrogen-bond donors (Lipinski definition) is 1. The van der Waals surface area contributed by atoms with E-state index < -0.39 is 10.5 Å². The molecular formula is C4H11NOS. The molecule has 1 N–H and O–H groups in total.